The Labute approximate surface area is 271 Å². The number of rotatable bonds is 6. The smallest absolute Gasteiger partial charge is 0.305 e. The highest BCUT2D eigenvalue weighted by atomic mass is 35.5. The Kier molecular flexibility index (Phi) is 6.86. The predicted octanol–water partition coefficient (Wildman–Crippen LogP) is 7.01. The van der Waals surface area contributed by atoms with E-state index < -0.39 is 0 Å². The molecule has 8 rings (SSSR count). The maximum absolute atomic E-state index is 14.0. The van der Waals surface area contributed by atoms with Crippen LogP contribution in [0.1, 0.15) is 28.3 Å². The van der Waals surface area contributed by atoms with Gasteiger partial charge < -0.3 is 14.5 Å². The minimum atomic E-state index is -0.382. The lowest BCUT2D eigenvalue weighted by atomic mass is 9.68. The van der Waals surface area contributed by atoms with Gasteiger partial charge in [-0.3, -0.25) is 19.3 Å². The number of carbonyl (C=O) groups is 2. The van der Waals surface area contributed by atoms with Crippen molar-refractivity contribution < 1.29 is 19.1 Å². The SMILES string of the molecule is COc1cc([C@@H]2c3sc(=O)[nH]c3S[C@@H]3[C@@H]4C[C@@H]([C@@H]5C(=O)N(c6ccc(Cl)cc6)C(=O)[C@@H]45)[C@@H]23)ccc1OCc1cccc(Cl)c1. The van der Waals surface area contributed by atoms with Crippen LogP contribution in [0.25, 0.3) is 0 Å². The van der Waals surface area contributed by atoms with E-state index in [1.54, 1.807) is 43.1 Å². The fraction of sp³-hybridized carbons (Fsp3) is 0.303. The van der Waals surface area contributed by atoms with E-state index >= 15 is 0 Å². The zero-order valence-corrected chi connectivity index (χ0v) is 26.5. The number of nitrogens with one attached hydrogen (secondary N) is 1. The number of hydrogen-bond donors (Lipinski definition) is 1. The quantitative estimate of drug-likeness (QED) is 0.223. The van der Waals surface area contributed by atoms with Crippen LogP contribution in [-0.2, 0) is 16.2 Å². The van der Waals surface area contributed by atoms with Crippen LogP contribution in [0.5, 0.6) is 11.5 Å². The summed E-state index contributed by atoms with van der Waals surface area (Å²) in [6, 6.07) is 20.3. The molecule has 0 spiro atoms. The molecule has 11 heteroatoms. The van der Waals surface area contributed by atoms with E-state index in [4.69, 9.17) is 32.7 Å². The molecule has 3 aromatic carbocycles. The summed E-state index contributed by atoms with van der Waals surface area (Å²) in [5.74, 6) is 0.189. The molecular formula is C33H26Cl2N2O5S2. The van der Waals surface area contributed by atoms with Gasteiger partial charge in [-0.05, 0) is 83.8 Å². The number of amides is 2. The lowest BCUT2D eigenvalue weighted by Gasteiger charge is -2.43. The zero-order valence-electron chi connectivity index (χ0n) is 23.4. The Morgan fingerprint density at radius 2 is 1.68 bits per heavy atom. The number of imide groups is 1. The van der Waals surface area contributed by atoms with Crippen LogP contribution in [-0.4, -0.2) is 29.2 Å². The van der Waals surface area contributed by atoms with E-state index in [0.29, 0.717) is 33.8 Å². The van der Waals surface area contributed by atoms with Crippen LogP contribution in [0.15, 0.2) is 76.6 Å². The Morgan fingerprint density at radius 1 is 0.909 bits per heavy atom. The maximum atomic E-state index is 14.0. The molecule has 3 fully saturated rings. The van der Waals surface area contributed by atoms with Crippen LogP contribution in [0.4, 0.5) is 5.69 Å². The number of fused-ring (bicyclic) bond motifs is 9. The molecule has 1 saturated heterocycles. The van der Waals surface area contributed by atoms with Crippen molar-refractivity contribution in [1.82, 2.24) is 4.98 Å². The second kappa shape index (κ2) is 10.7. The standard InChI is InChI=1S/C33H26Cl2N2O5S2/c1-41-23-12-16(5-10-22(23)42-14-15-3-2-4-18(35)11-15)24-25-20-13-21(28(25)43-30-29(24)44-33(40)36-30)27-26(20)31(38)37(32(27)39)19-8-6-17(34)7-9-19/h2-12,20-21,24-28H,13-14H2,1H3,(H,36,40)/t20-,21-,24+,25+,26+,27+,28-/m1/s1. The minimum absolute atomic E-state index is 0.0105. The molecule has 7 nitrogen and oxygen atoms in total. The molecule has 2 aliphatic carbocycles. The van der Waals surface area contributed by atoms with Gasteiger partial charge in [0.25, 0.3) is 0 Å². The van der Waals surface area contributed by atoms with Crippen LogP contribution in [0.2, 0.25) is 10.0 Å². The highest BCUT2D eigenvalue weighted by Crippen LogP contribution is 2.68. The number of hydrogen-bond acceptors (Lipinski definition) is 7. The second-order valence-corrected chi connectivity index (χ2v) is 14.9. The molecule has 4 aliphatic rings. The van der Waals surface area contributed by atoms with Gasteiger partial charge in [0.2, 0.25) is 11.8 Å². The van der Waals surface area contributed by atoms with Gasteiger partial charge in [-0.1, -0.05) is 52.7 Å². The summed E-state index contributed by atoms with van der Waals surface area (Å²) in [5.41, 5.74) is 2.50. The van der Waals surface area contributed by atoms with Gasteiger partial charge in [0, 0.05) is 26.1 Å². The molecule has 2 saturated carbocycles. The molecule has 0 unspecified atom stereocenters. The fourth-order valence-electron chi connectivity index (χ4n) is 8.02. The molecule has 4 aromatic rings. The van der Waals surface area contributed by atoms with Gasteiger partial charge in [0.1, 0.15) is 6.61 Å². The number of carbonyl (C=O) groups excluding carboxylic acids is 2. The molecule has 3 heterocycles. The summed E-state index contributed by atoms with van der Waals surface area (Å²) in [7, 11) is 1.61. The highest BCUT2D eigenvalue weighted by Gasteiger charge is 2.69. The molecule has 224 valence electrons. The van der Waals surface area contributed by atoms with Crippen molar-refractivity contribution >= 4 is 63.8 Å². The van der Waals surface area contributed by atoms with Crippen molar-refractivity contribution in [2.24, 2.45) is 29.6 Å². The summed E-state index contributed by atoms with van der Waals surface area (Å²) < 4.78 is 11.9. The normalized spacial score (nSPS) is 28.2. The Hall–Kier alpha value is -3.24. The monoisotopic (exact) mass is 664 g/mol. The number of aromatic nitrogens is 1. The van der Waals surface area contributed by atoms with Crippen LogP contribution < -0.4 is 19.2 Å². The van der Waals surface area contributed by atoms with Crippen LogP contribution in [0.3, 0.4) is 0 Å². The minimum Gasteiger partial charge on any atom is -0.493 e. The Bertz CT molecular complexity index is 1870. The number of anilines is 1. The Balaban J connectivity index is 1.15. The summed E-state index contributed by atoms with van der Waals surface area (Å²) in [5, 5.41) is 2.15. The average molecular weight is 666 g/mol. The average Bonchev–Trinajstić information content (AvgIpc) is 3.75. The van der Waals surface area contributed by atoms with E-state index in [1.165, 1.54) is 16.2 Å². The van der Waals surface area contributed by atoms with Crippen molar-refractivity contribution in [2.75, 3.05) is 12.0 Å². The highest BCUT2D eigenvalue weighted by molar-refractivity contribution is 8.00. The summed E-state index contributed by atoms with van der Waals surface area (Å²) in [6.45, 7) is 0.331. The number of nitrogens with zero attached hydrogens (tertiary/aromatic N) is 1. The fourth-order valence-corrected chi connectivity index (χ4v) is 11.2. The topological polar surface area (TPSA) is 88.7 Å². The number of halogens is 2. The first-order valence-corrected chi connectivity index (χ1v) is 16.9. The van der Waals surface area contributed by atoms with E-state index in [9.17, 15) is 14.4 Å². The number of ether oxygens (including phenoxy) is 2. The first-order chi connectivity index (χ1) is 21.3. The molecule has 1 N–H and O–H groups in total. The first kappa shape index (κ1) is 28.2. The van der Waals surface area contributed by atoms with Crippen molar-refractivity contribution in [3.05, 3.63) is 102 Å². The Morgan fingerprint density at radius 3 is 2.43 bits per heavy atom. The number of methoxy groups -OCH3 is 1. The third-order valence-corrected chi connectivity index (χ3v) is 12.7. The number of H-pyrrole nitrogens is 1. The molecule has 2 amide bonds. The summed E-state index contributed by atoms with van der Waals surface area (Å²) in [4.78, 5) is 45.7. The van der Waals surface area contributed by atoms with Crippen molar-refractivity contribution in [3.63, 3.8) is 0 Å². The van der Waals surface area contributed by atoms with Gasteiger partial charge in [-0.15, -0.1) is 11.8 Å². The van der Waals surface area contributed by atoms with Crippen molar-refractivity contribution in [1.29, 1.82) is 0 Å². The van der Waals surface area contributed by atoms with Gasteiger partial charge in [-0.2, -0.15) is 0 Å². The van der Waals surface area contributed by atoms with Gasteiger partial charge in [0.05, 0.1) is 29.7 Å². The second-order valence-electron chi connectivity index (χ2n) is 11.8. The largest absolute Gasteiger partial charge is 0.493 e. The maximum Gasteiger partial charge on any atom is 0.305 e. The van der Waals surface area contributed by atoms with Crippen molar-refractivity contribution in [2.45, 2.75) is 29.2 Å². The van der Waals surface area contributed by atoms with E-state index in [1.807, 2.05) is 42.5 Å². The third kappa shape index (κ3) is 4.35. The number of thiazole rings is 1. The van der Waals surface area contributed by atoms with E-state index in [-0.39, 0.29) is 57.4 Å². The zero-order chi connectivity index (χ0) is 30.3. The molecule has 1 aromatic heterocycles. The third-order valence-electron chi connectivity index (χ3n) is 9.64. The lowest BCUT2D eigenvalue weighted by molar-refractivity contribution is -0.123. The van der Waals surface area contributed by atoms with Crippen molar-refractivity contribution in [3.8, 4) is 11.5 Å². The number of thioether (sulfide) groups is 1. The first-order valence-electron chi connectivity index (χ1n) is 14.4. The van der Waals surface area contributed by atoms with Crippen LogP contribution >= 0.6 is 46.3 Å². The molecule has 2 aliphatic heterocycles. The van der Waals surface area contributed by atoms with Crippen LogP contribution in [0, 0.1) is 29.6 Å². The predicted molar refractivity (Wildman–Crippen MR) is 171 cm³/mol. The van der Waals surface area contributed by atoms with E-state index in [2.05, 4.69) is 4.98 Å². The van der Waals surface area contributed by atoms with Gasteiger partial charge in [0.15, 0.2) is 11.5 Å². The summed E-state index contributed by atoms with van der Waals surface area (Å²) in [6.07, 6.45) is 0.817. The lowest BCUT2D eigenvalue weighted by Crippen LogP contribution is -2.42. The number of aromatic amines is 1. The van der Waals surface area contributed by atoms with Gasteiger partial charge in [-0.25, -0.2) is 0 Å². The summed E-state index contributed by atoms with van der Waals surface area (Å²) >= 11 is 15.1. The molecular weight excluding hydrogens is 639 g/mol. The van der Waals surface area contributed by atoms with Gasteiger partial charge >= 0.3 is 4.87 Å². The molecule has 7 atom stereocenters. The molecule has 2 bridgehead atoms. The molecule has 0 radical (unpaired) electrons. The number of benzene rings is 3. The molecule has 44 heavy (non-hydrogen) atoms. The van der Waals surface area contributed by atoms with E-state index in [0.717, 1.165) is 27.5 Å².